The molecule has 0 bridgehead atoms. The highest BCUT2D eigenvalue weighted by atomic mass is 19.4. The maximum atomic E-state index is 13.1. The van der Waals surface area contributed by atoms with Gasteiger partial charge in [-0.1, -0.05) is 6.07 Å². The van der Waals surface area contributed by atoms with E-state index in [0.717, 1.165) is 43.4 Å². The number of hydrogen-bond donors (Lipinski definition) is 3. The number of rotatable bonds is 3. The van der Waals surface area contributed by atoms with E-state index in [0.29, 0.717) is 22.8 Å². The van der Waals surface area contributed by atoms with Crippen LogP contribution in [0.1, 0.15) is 42.7 Å². The number of nitrogens with one attached hydrogen (secondary N) is 1. The van der Waals surface area contributed by atoms with Crippen molar-refractivity contribution in [3.8, 4) is 0 Å². The quantitative estimate of drug-likeness (QED) is 0.627. The lowest BCUT2D eigenvalue weighted by atomic mass is 9.81. The van der Waals surface area contributed by atoms with Gasteiger partial charge in [0.05, 0.1) is 11.3 Å². The Morgan fingerprint density at radius 3 is 2.61 bits per heavy atom. The number of benzene rings is 1. The Hall–Kier alpha value is -2.81. The fraction of sp³-hybridized carbons (Fsp3) is 0.368. The maximum Gasteiger partial charge on any atom is 0.416 e. The lowest BCUT2D eigenvalue weighted by molar-refractivity contribution is -0.137. The summed E-state index contributed by atoms with van der Waals surface area (Å²) in [4.78, 5) is 4.33. The minimum absolute atomic E-state index is 0.127. The number of nitrogens with two attached hydrogens (primary N) is 2. The monoisotopic (exact) mass is 390 g/mol. The van der Waals surface area contributed by atoms with Crippen molar-refractivity contribution in [2.45, 2.75) is 43.8 Å². The first kappa shape index (κ1) is 18.5. The van der Waals surface area contributed by atoms with Gasteiger partial charge in [-0.05, 0) is 49.8 Å². The summed E-state index contributed by atoms with van der Waals surface area (Å²) < 4.78 is 40.8. The van der Waals surface area contributed by atoms with E-state index in [9.17, 15) is 13.2 Å². The fourth-order valence-corrected chi connectivity index (χ4v) is 3.84. The zero-order chi connectivity index (χ0) is 19.9. The molecule has 0 aliphatic heterocycles. The molecule has 0 atom stereocenters. The van der Waals surface area contributed by atoms with E-state index < -0.39 is 11.7 Å². The summed E-state index contributed by atoms with van der Waals surface area (Å²) in [5, 5.41) is 7.50. The molecule has 1 aliphatic rings. The average Bonchev–Trinajstić information content (AvgIpc) is 3.11. The topological polar surface area (TPSA) is 94.3 Å². The minimum Gasteiger partial charge on any atom is -0.382 e. The molecule has 1 fully saturated rings. The molecule has 0 radical (unpaired) electrons. The average molecular weight is 390 g/mol. The summed E-state index contributed by atoms with van der Waals surface area (Å²) in [5.74, 6) is 0.475. The highest BCUT2D eigenvalue weighted by Crippen LogP contribution is 2.41. The van der Waals surface area contributed by atoms with E-state index >= 15 is 0 Å². The van der Waals surface area contributed by atoms with Gasteiger partial charge < -0.3 is 16.8 Å². The van der Waals surface area contributed by atoms with E-state index in [4.69, 9.17) is 11.5 Å². The summed E-state index contributed by atoms with van der Waals surface area (Å²) in [5.41, 5.74) is 13.8. The van der Waals surface area contributed by atoms with Crippen molar-refractivity contribution in [2.24, 2.45) is 5.73 Å². The van der Waals surface area contributed by atoms with Crippen molar-refractivity contribution in [1.82, 2.24) is 14.6 Å². The van der Waals surface area contributed by atoms with Gasteiger partial charge in [-0.15, -0.1) is 5.10 Å². The summed E-state index contributed by atoms with van der Waals surface area (Å²) in [6.45, 7) is 0. The van der Waals surface area contributed by atoms with Gasteiger partial charge in [0, 0.05) is 29.7 Å². The van der Waals surface area contributed by atoms with Crippen LogP contribution in [0.2, 0.25) is 0 Å². The van der Waals surface area contributed by atoms with Gasteiger partial charge >= 0.3 is 6.18 Å². The molecule has 1 aliphatic carbocycles. The standard InChI is InChI=1S/C19H21F3N6/c20-19(21,22)12-2-1-3-14(10-12)26-16-15(11-4-6-13(23)7-5-11)17(24)27-28-9-8-25-18(16)28/h1-3,8-11,13,26H,4-7,23H2,(H2,24,27). The van der Waals surface area contributed by atoms with Gasteiger partial charge in [-0.2, -0.15) is 13.2 Å². The zero-order valence-corrected chi connectivity index (χ0v) is 15.1. The molecule has 148 valence electrons. The highest BCUT2D eigenvalue weighted by Gasteiger charge is 2.31. The molecular weight excluding hydrogens is 369 g/mol. The number of nitrogens with zero attached hydrogens (tertiary/aromatic N) is 3. The van der Waals surface area contributed by atoms with Crippen molar-refractivity contribution in [3.63, 3.8) is 0 Å². The Balaban J connectivity index is 1.79. The van der Waals surface area contributed by atoms with Gasteiger partial charge in [0.15, 0.2) is 5.65 Å². The summed E-state index contributed by atoms with van der Waals surface area (Å²) in [6.07, 6.45) is 2.25. The molecule has 1 aromatic carbocycles. The number of alkyl halides is 3. The molecule has 6 nitrogen and oxygen atoms in total. The molecular formula is C19H21F3N6. The molecule has 1 saturated carbocycles. The number of hydrogen-bond acceptors (Lipinski definition) is 5. The summed E-state index contributed by atoms with van der Waals surface area (Å²) >= 11 is 0. The van der Waals surface area contributed by atoms with Crippen LogP contribution in [-0.2, 0) is 6.18 Å². The molecule has 3 aromatic rings. The molecule has 4 rings (SSSR count). The lowest BCUT2D eigenvalue weighted by Crippen LogP contribution is -2.26. The van der Waals surface area contributed by atoms with E-state index in [1.165, 1.54) is 10.6 Å². The van der Waals surface area contributed by atoms with Crippen molar-refractivity contribution < 1.29 is 13.2 Å². The van der Waals surface area contributed by atoms with Crippen LogP contribution in [0.5, 0.6) is 0 Å². The number of anilines is 3. The Kier molecular flexibility index (Phi) is 4.62. The van der Waals surface area contributed by atoms with Crippen LogP contribution in [0.25, 0.3) is 5.65 Å². The van der Waals surface area contributed by atoms with E-state index in [-0.39, 0.29) is 12.0 Å². The molecule has 0 unspecified atom stereocenters. The molecule has 5 N–H and O–H groups in total. The predicted molar refractivity (Wildman–Crippen MR) is 101 cm³/mol. The largest absolute Gasteiger partial charge is 0.416 e. The van der Waals surface area contributed by atoms with Crippen LogP contribution < -0.4 is 16.8 Å². The molecule has 0 saturated heterocycles. The number of nitrogen functional groups attached to an aromatic ring is 1. The molecule has 2 heterocycles. The van der Waals surface area contributed by atoms with Gasteiger partial charge in [-0.3, -0.25) is 0 Å². The van der Waals surface area contributed by atoms with E-state index in [1.807, 2.05) is 0 Å². The second-order valence-electron chi connectivity index (χ2n) is 7.18. The van der Waals surface area contributed by atoms with Crippen LogP contribution in [-0.4, -0.2) is 20.6 Å². The van der Waals surface area contributed by atoms with Crippen LogP contribution in [0.4, 0.5) is 30.4 Å². The smallest absolute Gasteiger partial charge is 0.382 e. The number of halogens is 3. The van der Waals surface area contributed by atoms with Crippen molar-refractivity contribution in [1.29, 1.82) is 0 Å². The maximum absolute atomic E-state index is 13.1. The Morgan fingerprint density at radius 2 is 1.89 bits per heavy atom. The van der Waals surface area contributed by atoms with Crippen LogP contribution in [0.3, 0.4) is 0 Å². The molecule has 0 spiro atoms. The third kappa shape index (κ3) is 3.49. The Bertz CT molecular complexity index is 989. The first-order valence-corrected chi connectivity index (χ1v) is 9.15. The Morgan fingerprint density at radius 1 is 1.14 bits per heavy atom. The lowest BCUT2D eigenvalue weighted by Gasteiger charge is -2.28. The van der Waals surface area contributed by atoms with Crippen LogP contribution in [0, 0.1) is 0 Å². The first-order chi connectivity index (χ1) is 13.3. The number of aromatic nitrogens is 3. The SMILES string of the molecule is Nc1nn2ccnc2c(Nc2cccc(C(F)(F)F)c2)c1C1CCC(N)CC1. The molecule has 0 amide bonds. The predicted octanol–water partition coefficient (Wildman–Crippen LogP) is 4.06. The normalized spacial score (nSPS) is 20.4. The van der Waals surface area contributed by atoms with E-state index in [2.05, 4.69) is 15.4 Å². The third-order valence-corrected chi connectivity index (χ3v) is 5.25. The summed E-state index contributed by atoms with van der Waals surface area (Å²) in [6, 6.07) is 5.25. The molecule has 2 aromatic heterocycles. The zero-order valence-electron chi connectivity index (χ0n) is 15.1. The van der Waals surface area contributed by atoms with Crippen LogP contribution in [0.15, 0.2) is 36.7 Å². The first-order valence-electron chi connectivity index (χ1n) is 9.15. The van der Waals surface area contributed by atoms with Crippen molar-refractivity contribution >= 4 is 22.8 Å². The third-order valence-electron chi connectivity index (χ3n) is 5.25. The van der Waals surface area contributed by atoms with Gasteiger partial charge in [0.25, 0.3) is 0 Å². The molecule has 28 heavy (non-hydrogen) atoms. The van der Waals surface area contributed by atoms with Gasteiger partial charge in [0.1, 0.15) is 5.82 Å². The van der Waals surface area contributed by atoms with Gasteiger partial charge in [0.2, 0.25) is 0 Å². The second kappa shape index (κ2) is 6.97. The highest BCUT2D eigenvalue weighted by molar-refractivity contribution is 5.80. The minimum atomic E-state index is -4.42. The number of imidazole rings is 1. The second-order valence-corrected chi connectivity index (χ2v) is 7.18. The number of fused-ring (bicyclic) bond motifs is 1. The fourth-order valence-electron chi connectivity index (χ4n) is 3.84. The van der Waals surface area contributed by atoms with Crippen LogP contribution >= 0.6 is 0 Å². The summed E-state index contributed by atoms with van der Waals surface area (Å²) in [7, 11) is 0. The van der Waals surface area contributed by atoms with E-state index in [1.54, 1.807) is 18.5 Å². The Labute approximate surface area is 159 Å². The molecule has 9 heteroatoms. The van der Waals surface area contributed by atoms with Crippen molar-refractivity contribution in [2.75, 3.05) is 11.1 Å². The van der Waals surface area contributed by atoms with Crippen molar-refractivity contribution in [3.05, 3.63) is 47.8 Å². The van der Waals surface area contributed by atoms with Gasteiger partial charge in [-0.25, -0.2) is 9.50 Å².